The minimum absolute atomic E-state index is 0.341. The van der Waals surface area contributed by atoms with Crippen molar-refractivity contribution in [3.8, 4) is 0 Å². The van der Waals surface area contributed by atoms with E-state index in [9.17, 15) is 16.8 Å². The van der Waals surface area contributed by atoms with Gasteiger partial charge in [-0.05, 0) is 13.8 Å². The van der Waals surface area contributed by atoms with Gasteiger partial charge in [-0.2, -0.15) is 16.8 Å². The van der Waals surface area contributed by atoms with E-state index in [0.29, 0.717) is 0 Å². The summed E-state index contributed by atoms with van der Waals surface area (Å²) in [6.07, 6.45) is 0. The first-order valence-corrected chi connectivity index (χ1v) is 7.07. The fourth-order valence-corrected chi connectivity index (χ4v) is 2.29. The number of carboxylic acids is 1. The van der Waals surface area contributed by atoms with Gasteiger partial charge in [-0.1, -0.05) is 0 Å². The lowest BCUT2D eigenvalue weighted by Crippen LogP contribution is -2.16. The summed E-state index contributed by atoms with van der Waals surface area (Å²) in [5, 5.41) is 7.42. The highest BCUT2D eigenvalue weighted by atomic mass is 32.3. The Kier molecular flexibility index (Phi) is 7.53. The number of aliphatic carboxylic acids is 1. The number of hydrogen-bond donors (Lipinski definition) is 1. The number of carboxylic acid groups (broad SMARTS) is 1. The third-order valence-electron chi connectivity index (χ3n) is 0.914. The second kappa shape index (κ2) is 6.75. The molecule has 0 spiro atoms. The summed E-state index contributed by atoms with van der Waals surface area (Å²) in [6, 6.07) is 0. The average molecular weight is 262 g/mol. The molecule has 0 atom stereocenters. The van der Waals surface area contributed by atoms with Crippen LogP contribution < -0.4 is 0 Å². The molecule has 0 aliphatic heterocycles. The molecule has 1 N–H and O–H groups in total. The third kappa shape index (κ3) is 13.3. The fraction of sp³-hybridized carbons (Fsp3) is 0.833. The molecule has 0 aromatic heterocycles. The van der Waals surface area contributed by atoms with Crippen molar-refractivity contribution in [1.82, 2.24) is 0 Å². The lowest BCUT2D eigenvalue weighted by Gasteiger charge is -2.00. The van der Waals surface area contributed by atoms with Crippen molar-refractivity contribution in [2.75, 3.05) is 11.5 Å². The van der Waals surface area contributed by atoms with Gasteiger partial charge in [0.1, 0.15) is 0 Å². The maximum absolute atomic E-state index is 10.6. The molecule has 0 saturated carbocycles. The topological polar surface area (TPSA) is 115 Å². The van der Waals surface area contributed by atoms with Gasteiger partial charge in [0.15, 0.2) is 0 Å². The predicted octanol–water partition coefficient (Wildman–Crippen LogP) is -0.207. The van der Waals surface area contributed by atoms with E-state index >= 15 is 0 Å². The van der Waals surface area contributed by atoms with Gasteiger partial charge in [-0.15, -0.1) is 3.63 Å². The molecular weight excluding hydrogens is 248 g/mol. The summed E-state index contributed by atoms with van der Waals surface area (Å²) in [5.74, 6) is -1.52. The van der Waals surface area contributed by atoms with Crippen molar-refractivity contribution in [1.29, 1.82) is 0 Å². The minimum Gasteiger partial charge on any atom is -0.481 e. The molecule has 0 bridgehead atoms. The Labute approximate surface area is 89.3 Å². The summed E-state index contributed by atoms with van der Waals surface area (Å²) in [7, 11) is -7.75. The molecule has 0 saturated heterocycles. The Morgan fingerprint density at radius 1 is 1.07 bits per heavy atom. The van der Waals surface area contributed by atoms with Gasteiger partial charge < -0.3 is 5.11 Å². The lowest BCUT2D eigenvalue weighted by atomic mass is 10.9. The largest absolute Gasteiger partial charge is 0.481 e. The first-order valence-electron chi connectivity index (χ1n) is 3.92. The van der Waals surface area contributed by atoms with Gasteiger partial charge in [-0.3, -0.25) is 4.79 Å². The van der Waals surface area contributed by atoms with Crippen LogP contribution in [0.15, 0.2) is 0 Å². The molecule has 15 heavy (non-hydrogen) atoms. The van der Waals surface area contributed by atoms with Gasteiger partial charge in [0.2, 0.25) is 0 Å². The fourth-order valence-electron chi connectivity index (χ4n) is 0.254. The van der Waals surface area contributed by atoms with E-state index in [1.807, 2.05) is 0 Å². The quantitative estimate of drug-likeness (QED) is 0.745. The average Bonchev–Trinajstić information content (AvgIpc) is 2.02. The zero-order chi connectivity index (χ0) is 12.7. The molecule has 0 aliphatic rings. The van der Waals surface area contributed by atoms with Crippen molar-refractivity contribution < 1.29 is 30.4 Å². The zero-order valence-corrected chi connectivity index (χ0v) is 10.3. The Hall–Kier alpha value is -0.670. The normalized spacial score (nSPS) is 11.4. The second-order valence-corrected chi connectivity index (χ2v) is 6.21. The van der Waals surface area contributed by atoms with Crippen LogP contribution in [-0.4, -0.2) is 39.4 Å². The molecule has 9 heteroatoms. The SMILES string of the molecule is CC(=O)O.CCS(=O)(=O)OS(=O)(=O)CC. The molecule has 0 radical (unpaired) electrons. The van der Waals surface area contributed by atoms with Gasteiger partial charge in [0.25, 0.3) is 26.2 Å². The minimum atomic E-state index is -3.88. The van der Waals surface area contributed by atoms with Crippen LogP contribution in [0.3, 0.4) is 0 Å². The van der Waals surface area contributed by atoms with Crippen LogP contribution in [0.25, 0.3) is 0 Å². The van der Waals surface area contributed by atoms with Gasteiger partial charge in [0, 0.05) is 6.92 Å². The highest BCUT2D eigenvalue weighted by Gasteiger charge is 2.18. The first kappa shape index (κ1) is 16.7. The van der Waals surface area contributed by atoms with E-state index in [1.54, 1.807) is 0 Å². The third-order valence-corrected chi connectivity index (χ3v) is 3.99. The lowest BCUT2D eigenvalue weighted by molar-refractivity contribution is -0.134. The summed E-state index contributed by atoms with van der Waals surface area (Å²) < 4.78 is 46.2. The summed E-state index contributed by atoms with van der Waals surface area (Å²) in [6.45, 7) is 3.70. The van der Waals surface area contributed by atoms with Crippen molar-refractivity contribution in [2.24, 2.45) is 0 Å². The number of carbonyl (C=O) groups is 1. The van der Waals surface area contributed by atoms with Gasteiger partial charge >= 0.3 is 0 Å². The smallest absolute Gasteiger partial charge is 0.300 e. The molecule has 0 fully saturated rings. The molecule has 0 aromatic rings. The Balaban J connectivity index is 0. The zero-order valence-electron chi connectivity index (χ0n) is 8.63. The maximum Gasteiger partial charge on any atom is 0.300 e. The van der Waals surface area contributed by atoms with Crippen LogP contribution in [0.5, 0.6) is 0 Å². The maximum atomic E-state index is 10.6. The van der Waals surface area contributed by atoms with Crippen molar-refractivity contribution in [3.05, 3.63) is 0 Å². The molecule has 0 unspecified atom stereocenters. The summed E-state index contributed by atoms with van der Waals surface area (Å²) in [5.41, 5.74) is 0. The molecule has 0 rings (SSSR count). The Morgan fingerprint density at radius 2 is 1.27 bits per heavy atom. The molecule has 0 aromatic carbocycles. The van der Waals surface area contributed by atoms with Gasteiger partial charge in [0.05, 0.1) is 11.5 Å². The highest BCUT2D eigenvalue weighted by Crippen LogP contribution is 2.00. The van der Waals surface area contributed by atoms with Crippen LogP contribution >= 0.6 is 0 Å². The van der Waals surface area contributed by atoms with E-state index in [1.165, 1.54) is 13.8 Å². The van der Waals surface area contributed by atoms with Crippen molar-refractivity contribution in [3.63, 3.8) is 0 Å². The van der Waals surface area contributed by atoms with Gasteiger partial charge in [-0.25, -0.2) is 0 Å². The summed E-state index contributed by atoms with van der Waals surface area (Å²) >= 11 is 0. The number of hydrogen-bond acceptors (Lipinski definition) is 6. The molecule has 92 valence electrons. The summed E-state index contributed by atoms with van der Waals surface area (Å²) in [4.78, 5) is 9.00. The van der Waals surface area contributed by atoms with Crippen molar-refractivity contribution in [2.45, 2.75) is 20.8 Å². The van der Waals surface area contributed by atoms with E-state index in [-0.39, 0.29) is 11.5 Å². The Morgan fingerprint density at radius 3 is 1.40 bits per heavy atom. The van der Waals surface area contributed by atoms with Crippen LogP contribution in [-0.2, 0) is 28.7 Å². The first-order chi connectivity index (χ1) is 6.56. The standard InChI is InChI=1S/C4H10O5S2.C2H4O2/c1-3-10(5,6)9-11(7,8)4-2;1-2(3)4/h3-4H2,1-2H3;1H3,(H,3,4). The van der Waals surface area contributed by atoms with E-state index in [2.05, 4.69) is 3.63 Å². The molecule has 0 heterocycles. The Bertz CT molecular complexity index is 342. The van der Waals surface area contributed by atoms with Crippen LogP contribution in [0.2, 0.25) is 0 Å². The molecular formula is C6H14O7S2. The van der Waals surface area contributed by atoms with E-state index in [0.717, 1.165) is 6.92 Å². The highest BCUT2D eigenvalue weighted by molar-refractivity contribution is 7.99. The monoisotopic (exact) mass is 262 g/mol. The molecule has 0 amide bonds. The van der Waals surface area contributed by atoms with Crippen LogP contribution in [0, 0.1) is 0 Å². The van der Waals surface area contributed by atoms with Crippen molar-refractivity contribution >= 4 is 26.2 Å². The van der Waals surface area contributed by atoms with Crippen LogP contribution in [0.4, 0.5) is 0 Å². The molecule has 0 aliphatic carbocycles. The van der Waals surface area contributed by atoms with Crippen LogP contribution in [0.1, 0.15) is 20.8 Å². The predicted molar refractivity (Wildman–Crippen MR) is 53.3 cm³/mol. The van der Waals surface area contributed by atoms with E-state index in [4.69, 9.17) is 9.90 Å². The second-order valence-electron chi connectivity index (χ2n) is 2.28. The number of rotatable bonds is 4. The molecule has 7 nitrogen and oxygen atoms in total. The van der Waals surface area contributed by atoms with E-state index < -0.39 is 26.2 Å².